The monoisotopic (exact) mass is 392 g/mol. The number of hydrogen-bond acceptors (Lipinski definition) is 6. The summed E-state index contributed by atoms with van der Waals surface area (Å²) in [7, 11) is 7.10. The first-order valence-corrected chi connectivity index (χ1v) is 9.04. The summed E-state index contributed by atoms with van der Waals surface area (Å²) in [4.78, 5) is 19.1. The average Bonchev–Trinajstić information content (AvgIpc) is 2.74. The number of amides is 1. The van der Waals surface area contributed by atoms with Crippen LogP contribution in [0.5, 0.6) is 11.5 Å². The molecular formula is C22H24N4O3. The molecule has 0 aliphatic heterocycles. The molecule has 0 saturated carbocycles. The van der Waals surface area contributed by atoms with Gasteiger partial charge in [-0.3, -0.25) is 4.79 Å². The van der Waals surface area contributed by atoms with Gasteiger partial charge < -0.3 is 25.0 Å². The zero-order chi connectivity index (χ0) is 20.8. The maximum Gasteiger partial charge on any atom is 0.255 e. The standard InChI is InChI=1S/C22H24N4O3/c1-26(2)17-7-5-16(6-8-17)24-21-13-15(11-12-23-21)22(27)25-19-14-18(28-3)9-10-20(19)29-4/h5-14H,1-4H3,(H,23,24)(H,25,27). The highest BCUT2D eigenvalue weighted by atomic mass is 16.5. The SMILES string of the molecule is COc1ccc(OC)c(NC(=O)c2ccnc(Nc3ccc(N(C)C)cc3)c2)c1. The van der Waals surface area contributed by atoms with Crippen LogP contribution in [0.25, 0.3) is 0 Å². The van der Waals surface area contributed by atoms with Crippen LogP contribution in [0.15, 0.2) is 60.8 Å². The Morgan fingerprint density at radius 2 is 1.72 bits per heavy atom. The van der Waals surface area contributed by atoms with Gasteiger partial charge in [0.15, 0.2) is 0 Å². The fourth-order valence-corrected chi connectivity index (χ4v) is 2.74. The molecule has 1 aromatic heterocycles. The summed E-state index contributed by atoms with van der Waals surface area (Å²) in [5.74, 6) is 1.48. The Balaban J connectivity index is 1.76. The van der Waals surface area contributed by atoms with E-state index in [1.165, 1.54) is 0 Å². The molecule has 0 bridgehead atoms. The van der Waals surface area contributed by atoms with Crippen LogP contribution in [0.1, 0.15) is 10.4 Å². The van der Waals surface area contributed by atoms with Crippen molar-refractivity contribution in [3.8, 4) is 11.5 Å². The van der Waals surface area contributed by atoms with Gasteiger partial charge in [0.05, 0.1) is 19.9 Å². The van der Waals surface area contributed by atoms with E-state index < -0.39 is 0 Å². The number of nitrogens with zero attached hydrogens (tertiary/aromatic N) is 2. The van der Waals surface area contributed by atoms with Crippen molar-refractivity contribution in [1.29, 1.82) is 0 Å². The molecule has 3 aromatic rings. The Morgan fingerprint density at radius 1 is 0.966 bits per heavy atom. The van der Waals surface area contributed by atoms with Gasteiger partial charge in [0, 0.05) is 43.3 Å². The predicted molar refractivity (Wildman–Crippen MR) is 116 cm³/mol. The minimum absolute atomic E-state index is 0.273. The molecule has 3 rings (SSSR count). The third kappa shape index (κ3) is 4.95. The minimum Gasteiger partial charge on any atom is -0.497 e. The second-order valence-electron chi connectivity index (χ2n) is 6.52. The largest absolute Gasteiger partial charge is 0.497 e. The first-order chi connectivity index (χ1) is 14.0. The highest BCUT2D eigenvalue weighted by Gasteiger charge is 2.12. The summed E-state index contributed by atoms with van der Waals surface area (Å²) in [6.07, 6.45) is 1.59. The molecule has 0 unspecified atom stereocenters. The molecule has 0 fully saturated rings. The Kier molecular flexibility index (Phi) is 6.19. The van der Waals surface area contributed by atoms with Gasteiger partial charge in [0.2, 0.25) is 0 Å². The highest BCUT2D eigenvalue weighted by Crippen LogP contribution is 2.29. The molecule has 1 amide bonds. The lowest BCUT2D eigenvalue weighted by Crippen LogP contribution is -2.13. The number of nitrogens with one attached hydrogen (secondary N) is 2. The van der Waals surface area contributed by atoms with Gasteiger partial charge in [0.1, 0.15) is 17.3 Å². The van der Waals surface area contributed by atoms with Crippen molar-refractivity contribution in [1.82, 2.24) is 4.98 Å². The van der Waals surface area contributed by atoms with Crippen molar-refractivity contribution in [2.45, 2.75) is 0 Å². The molecule has 0 spiro atoms. The lowest BCUT2D eigenvalue weighted by atomic mass is 10.2. The Morgan fingerprint density at radius 3 is 2.38 bits per heavy atom. The van der Waals surface area contributed by atoms with Crippen LogP contribution < -0.4 is 25.0 Å². The minimum atomic E-state index is -0.273. The third-order valence-corrected chi connectivity index (χ3v) is 4.33. The van der Waals surface area contributed by atoms with Gasteiger partial charge in [-0.25, -0.2) is 4.98 Å². The number of rotatable bonds is 7. The van der Waals surface area contributed by atoms with E-state index in [-0.39, 0.29) is 5.91 Å². The zero-order valence-electron chi connectivity index (χ0n) is 16.9. The second kappa shape index (κ2) is 8.97. The van der Waals surface area contributed by atoms with Crippen molar-refractivity contribution in [3.05, 3.63) is 66.4 Å². The first-order valence-electron chi connectivity index (χ1n) is 9.04. The molecule has 2 N–H and O–H groups in total. The lowest BCUT2D eigenvalue weighted by molar-refractivity contribution is 0.102. The second-order valence-corrected chi connectivity index (χ2v) is 6.52. The lowest BCUT2D eigenvalue weighted by Gasteiger charge is -2.14. The van der Waals surface area contributed by atoms with Crippen LogP contribution in [0.3, 0.4) is 0 Å². The van der Waals surface area contributed by atoms with Gasteiger partial charge >= 0.3 is 0 Å². The quantitative estimate of drug-likeness (QED) is 0.629. The number of carbonyl (C=O) groups excluding carboxylic acids is 1. The summed E-state index contributed by atoms with van der Waals surface area (Å²) in [5, 5.41) is 6.07. The number of carbonyl (C=O) groups is 1. The number of hydrogen-bond donors (Lipinski definition) is 2. The van der Waals surface area contributed by atoms with Crippen LogP contribution in [0.2, 0.25) is 0 Å². The van der Waals surface area contributed by atoms with Crippen LogP contribution >= 0.6 is 0 Å². The Labute approximate surface area is 170 Å². The van der Waals surface area contributed by atoms with Gasteiger partial charge in [-0.2, -0.15) is 0 Å². The van der Waals surface area contributed by atoms with Crippen molar-refractivity contribution in [2.24, 2.45) is 0 Å². The molecule has 2 aromatic carbocycles. The molecule has 0 aliphatic carbocycles. The summed E-state index contributed by atoms with van der Waals surface area (Å²) in [5.41, 5.74) is 2.98. The fraction of sp³-hybridized carbons (Fsp3) is 0.182. The molecule has 0 aliphatic rings. The molecule has 7 heteroatoms. The van der Waals surface area contributed by atoms with E-state index in [1.807, 2.05) is 43.3 Å². The Bertz CT molecular complexity index is 988. The van der Waals surface area contributed by atoms with E-state index in [2.05, 4.69) is 15.6 Å². The van der Waals surface area contributed by atoms with E-state index in [1.54, 1.807) is 50.7 Å². The van der Waals surface area contributed by atoms with Crippen LogP contribution in [0, 0.1) is 0 Å². The van der Waals surface area contributed by atoms with Crippen molar-refractivity contribution < 1.29 is 14.3 Å². The molecule has 7 nitrogen and oxygen atoms in total. The predicted octanol–water partition coefficient (Wildman–Crippen LogP) is 4.16. The summed E-state index contributed by atoms with van der Waals surface area (Å²) >= 11 is 0. The maximum absolute atomic E-state index is 12.7. The molecule has 0 radical (unpaired) electrons. The molecule has 29 heavy (non-hydrogen) atoms. The summed E-state index contributed by atoms with van der Waals surface area (Å²) in [6.45, 7) is 0. The molecule has 0 atom stereocenters. The maximum atomic E-state index is 12.7. The molecule has 0 saturated heterocycles. The van der Waals surface area contributed by atoms with E-state index in [0.29, 0.717) is 28.6 Å². The zero-order valence-corrected chi connectivity index (χ0v) is 16.9. The molecule has 1 heterocycles. The van der Waals surface area contributed by atoms with Crippen molar-refractivity contribution in [3.63, 3.8) is 0 Å². The Hall–Kier alpha value is -3.74. The molecular weight excluding hydrogens is 368 g/mol. The van der Waals surface area contributed by atoms with Crippen molar-refractivity contribution in [2.75, 3.05) is 43.8 Å². The van der Waals surface area contributed by atoms with E-state index in [9.17, 15) is 4.79 Å². The average molecular weight is 392 g/mol. The van der Waals surface area contributed by atoms with E-state index in [4.69, 9.17) is 9.47 Å². The van der Waals surface area contributed by atoms with E-state index >= 15 is 0 Å². The van der Waals surface area contributed by atoms with Crippen LogP contribution in [-0.4, -0.2) is 39.2 Å². The van der Waals surface area contributed by atoms with Gasteiger partial charge in [-0.05, 0) is 48.5 Å². The normalized spacial score (nSPS) is 10.2. The number of methoxy groups -OCH3 is 2. The summed E-state index contributed by atoms with van der Waals surface area (Å²) < 4.78 is 10.5. The van der Waals surface area contributed by atoms with Gasteiger partial charge in [-0.1, -0.05) is 0 Å². The van der Waals surface area contributed by atoms with Crippen molar-refractivity contribution >= 4 is 28.8 Å². The van der Waals surface area contributed by atoms with Gasteiger partial charge in [0.25, 0.3) is 5.91 Å². The number of ether oxygens (including phenoxy) is 2. The van der Waals surface area contributed by atoms with Crippen LogP contribution in [-0.2, 0) is 0 Å². The first kappa shape index (κ1) is 20.0. The number of benzene rings is 2. The molecule has 150 valence electrons. The topological polar surface area (TPSA) is 75.7 Å². The van der Waals surface area contributed by atoms with Crippen LogP contribution in [0.4, 0.5) is 22.9 Å². The summed E-state index contributed by atoms with van der Waals surface area (Å²) in [6, 6.07) is 16.5. The fourth-order valence-electron chi connectivity index (χ4n) is 2.74. The van der Waals surface area contributed by atoms with E-state index in [0.717, 1.165) is 11.4 Å². The number of anilines is 4. The highest BCUT2D eigenvalue weighted by molar-refractivity contribution is 6.05. The number of pyridine rings is 1. The number of aromatic nitrogens is 1. The third-order valence-electron chi connectivity index (χ3n) is 4.33. The smallest absolute Gasteiger partial charge is 0.255 e. The van der Waals surface area contributed by atoms with Gasteiger partial charge in [-0.15, -0.1) is 0 Å².